The van der Waals surface area contributed by atoms with Gasteiger partial charge in [-0.25, -0.2) is 0 Å². The van der Waals surface area contributed by atoms with Gasteiger partial charge in [-0.2, -0.15) is 0 Å². The van der Waals surface area contributed by atoms with Crippen LogP contribution in [0.1, 0.15) is 6.92 Å². The van der Waals surface area contributed by atoms with Gasteiger partial charge in [0.05, 0.1) is 0 Å². The van der Waals surface area contributed by atoms with E-state index in [1.807, 2.05) is 23.2 Å². The molecular formula is C10H10OSe2. The number of carbonyl (C=O) groups excluding carboxylic acids is 1. The summed E-state index contributed by atoms with van der Waals surface area (Å²) in [7, 11) is 0. The molecule has 1 aromatic carbocycles. The summed E-state index contributed by atoms with van der Waals surface area (Å²) in [6.07, 6.45) is 0. The number of rotatable bonds is 4. The first-order valence-corrected chi connectivity index (χ1v) is 7.52. The zero-order chi connectivity index (χ0) is 9.52. The summed E-state index contributed by atoms with van der Waals surface area (Å²) in [6.45, 7) is 1.64. The molecule has 0 amide bonds. The average Bonchev–Trinajstić information content (AvgIpc) is 2.14. The first-order chi connectivity index (χ1) is 6.29. The summed E-state index contributed by atoms with van der Waals surface area (Å²) in [5.41, 5.74) is 0. The van der Waals surface area contributed by atoms with Crippen LogP contribution in [0.5, 0.6) is 0 Å². The van der Waals surface area contributed by atoms with Gasteiger partial charge in [0.1, 0.15) is 0 Å². The third kappa shape index (κ3) is 5.07. The van der Waals surface area contributed by atoms with E-state index in [1.54, 1.807) is 6.92 Å². The van der Waals surface area contributed by atoms with Crippen molar-refractivity contribution in [2.45, 2.75) is 6.92 Å². The predicted molar refractivity (Wildman–Crippen MR) is 57.4 cm³/mol. The molecule has 0 saturated carbocycles. The van der Waals surface area contributed by atoms with Crippen molar-refractivity contribution in [2.75, 3.05) is 0 Å². The van der Waals surface area contributed by atoms with Crippen LogP contribution < -0.4 is 4.46 Å². The Morgan fingerprint density at radius 3 is 2.54 bits per heavy atom. The van der Waals surface area contributed by atoms with Gasteiger partial charge in [-0.1, -0.05) is 0 Å². The van der Waals surface area contributed by atoms with Crippen molar-refractivity contribution in [2.24, 2.45) is 0 Å². The molecule has 13 heavy (non-hydrogen) atoms. The van der Waals surface area contributed by atoms with E-state index in [9.17, 15) is 4.79 Å². The maximum atomic E-state index is 10.6. The van der Waals surface area contributed by atoms with Crippen molar-refractivity contribution < 1.29 is 4.79 Å². The molecule has 1 aromatic rings. The van der Waals surface area contributed by atoms with Crippen molar-refractivity contribution >= 4 is 39.1 Å². The van der Waals surface area contributed by atoms with Crippen LogP contribution in [0.2, 0.25) is 0 Å². The predicted octanol–water partition coefficient (Wildman–Crippen LogP) is 0.738. The van der Waals surface area contributed by atoms with Crippen LogP contribution in [0, 0.1) is 0 Å². The Hall–Kier alpha value is -0.331. The van der Waals surface area contributed by atoms with Gasteiger partial charge in [-0.05, 0) is 0 Å². The Labute approximate surface area is 90.9 Å². The van der Waals surface area contributed by atoms with Crippen LogP contribution in [-0.4, -0.2) is 34.6 Å². The van der Waals surface area contributed by atoms with E-state index in [-0.39, 0.29) is 19.6 Å². The molecule has 1 nitrogen and oxygen atoms in total. The van der Waals surface area contributed by atoms with E-state index >= 15 is 0 Å². The summed E-state index contributed by atoms with van der Waals surface area (Å²) in [5.74, 6) is 0. The number of hydrogen-bond donors (Lipinski definition) is 0. The normalized spacial score (nSPS) is 10.5. The fourth-order valence-electron chi connectivity index (χ4n) is 0.729. The van der Waals surface area contributed by atoms with Gasteiger partial charge >= 0.3 is 91.1 Å². The molecule has 0 aliphatic heterocycles. The molecule has 0 aliphatic carbocycles. The quantitative estimate of drug-likeness (QED) is 0.750. The van der Waals surface area contributed by atoms with Crippen LogP contribution in [0.15, 0.2) is 40.3 Å². The second-order valence-electron chi connectivity index (χ2n) is 2.31. The molecule has 0 atom stereocenters. The van der Waals surface area contributed by atoms with Gasteiger partial charge < -0.3 is 0 Å². The standard InChI is InChI=1S/C10H10OSe2/c1-9(11)12-7-8-13-10-5-3-2-4-6-10/h2-8H,1H3/b8-7+. The Bertz CT molecular complexity index is 293. The zero-order valence-electron chi connectivity index (χ0n) is 7.27. The summed E-state index contributed by atoms with van der Waals surface area (Å²) in [5, 5.41) is 0. The molecule has 0 N–H and O–H groups in total. The van der Waals surface area contributed by atoms with Gasteiger partial charge in [0.15, 0.2) is 0 Å². The van der Waals surface area contributed by atoms with Crippen LogP contribution in [0.3, 0.4) is 0 Å². The van der Waals surface area contributed by atoms with Crippen molar-refractivity contribution in [3.8, 4) is 0 Å². The van der Waals surface area contributed by atoms with E-state index in [2.05, 4.69) is 17.1 Å². The van der Waals surface area contributed by atoms with Crippen LogP contribution in [0.25, 0.3) is 0 Å². The summed E-state index contributed by atoms with van der Waals surface area (Å²) in [6, 6.07) is 10.3. The van der Waals surface area contributed by atoms with Crippen LogP contribution in [-0.2, 0) is 4.79 Å². The Morgan fingerprint density at radius 1 is 1.23 bits per heavy atom. The second kappa shape index (κ2) is 6.17. The molecule has 0 bridgehead atoms. The van der Waals surface area contributed by atoms with Crippen molar-refractivity contribution in [3.63, 3.8) is 0 Å². The third-order valence-electron chi connectivity index (χ3n) is 1.24. The molecule has 3 heteroatoms. The Morgan fingerprint density at radius 2 is 1.92 bits per heavy atom. The van der Waals surface area contributed by atoms with Crippen molar-refractivity contribution in [1.29, 1.82) is 0 Å². The molecular weight excluding hydrogens is 294 g/mol. The monoisotopic (exact) mass is 306 g/mol. The fourth-order valence-corrected chi connectivity index (χ4v) is 3.56. The van der Waals surface area contributed by atoms with E-state index in [0.717, 1.165) is 0 Å². The molecule has 1 rings (SSSR count). The molecule has 0 heterocycles. The number of carbonyl (C=O) groups is 1. The minimum atomic E-state index is 0.0521. The van der Waals surface area contributed by atoms with Gasteiger partial charge in [-0.3, -0.25) is 0 Å². The summed E-state index contributed by atoms with van der Waals surface area (Å²) < 4.78 is 1.64. The second-order valence-corrected chi connectivity index (χ2v) is 6.64. The van der Waals surface area contributed by atoms with E-state index < -0.39 is 0 Å². The SMILES string of the molecule is CC(=O)[Se]/C=C/[Se]c1ccccc1. The topological polar surface area (TPSA) is 17.1 Å². The van der Waals surface area contributed by atoms with Crippen molar-refractivity contribution in [1.82, 2.24) is 0 Å². The molecule has 0 saturated heterocycles. The van der Waals surface area contributed by atoms with Gasteiger partial charge in [0.2, 0.25) is 0 Å². The molecule has 0 spiro atoms. The minimum absolute atomic E-state index is 0.0521. The first kappa shape index (κ1) is 10.7. The number of benzene rings is 1. The third-order valence-corrected chi connectivity index (χ3v) is 5.09. The van der Waals surface area contributed by atoms with Gasteiger partial charge in [-0.15, -0.1) is 0 Å². The van der Waals surface area contributed by atoms with Gasteiger partial charge in [0.25, 0.3) is 0 Å². The molecule has 0 aliphatic rings. The summed E-state index contributed by atoms with van der Waals surface area (Å²) in [4.78, 5) is 14.8. The summed E-state index contributed by atoms with van der Waals surface area (Å²) >= 11 is 0.439. The molecule has 0 fully saturated rings. The number of hydrogen-bond acceptors (Lipinski definition) is 1. The van der Waals surface area contributed by atoms with Gasteiger partial charge in [0, 0.05) is 0 Å². The average molecular weight is 304 g/mol. The van der Waals surface area contributed by atoms with Crippen LogP contribution in [0.4, 0.5) is 0 Å². The Kier molecular flexibility index (Phi) is 5.10. The molecule has 68 valence electrons. The molecule has 0 aromatic heterocycles. The first-order valence-electron chi connectivity index (χ1n) is 3.83. The zero-order valence-corrected chi connectivity index (χ0v) is 10.7. The molecule has 0 radical (unpaired) electrons. The van der Waals surface area contributed by atoms with E-state index in [1.165, 1.54) is 4.46 Å². The Balaban J connectivity index is 2.35. The molecule has 0 unspecified atom stereocenters. The fraction of sp³-hybridized carbons (Fsp3) is 0.100. The maximum absolute atomic E-state index is 10.6. The van der Waals surface area contributed by atoms with E-state index in [4.69, 9.17) is 0 Å². The van der Waals surface area contributed by atoms with Crippen molar-refractivity contribution in [3.05, 3.63) is 40.3 Å². The van der Waals surface area contributed by atoms with E-state index in [0.29, 0.717) is 15.0 Å². The van der Waals surface area contributed by atoms with Crippen LogP contribution >= 0.6 is 0 Å².